The topological polar surface area (TPSA) is 49.3 Å². The van der Waals surface area contributed by atoms with Gasteiger partial charge in [-0.25, -0.2) is 0 Å². The van der Waals surface area contributed by atoms with Crippen molar-refractivity contribution >= 4 is 5.97 Å². The molecule has 0 aromatic heterocycles. The number of aliphatic carboxylic acids is 1. The van der Waals surface area contributed by atoms with Gasteiger partial charge < -0.3 is 10.4 Å². The maximum absolute atomic E-state index is 10.7. The van der Waals surface area contributed by atoms with E-state index < -0.39 is 5.97 Å². The van der Waals surface area contributed by atoms with Gasteiger partial charge in [0.05, 0.1) is 5.92 Å². The molecule has 0 aromatic carbocycles. The van der Waals surface area contributed by atoms with Crippen LogP contribution in [0.1, 0.15) is 13.8 Å². The molecule has 3 heteroatoms. The van der Waals surface area contributed by atoms with E-state index in [0.29, 0.717) is 18.4 Å². The van der Waals surface area contributed by atoms with Gasteiger partial charge >= 0.3 is 5.97 Å². The summed E-state index contributed by atoms with van der Waals surface area (Å²) < 4.78 is 0. The summed E-state index contributed by atoms with van der Waals surface area (Å²) in [6.45, 7) is 5.65. The fraction of sp³-hybridized carbons (Fsp3) is 0.875. The zero-order valence-corrected chi connectivity index (χ0v) is 7.00. The number of nitrogens with one attached hydrogen (secondary N) is 1. The number of carboxylic acid groups (broad SMARTS) is 1. The van der Waals surface area contributed by atoms with Crippen molar-refractivity contribution < 1.29 is 9.90 Å². The first-order valence-corrected chi connectivity index (χ1v) is 4.06. The van der Waals surface area contributed by atoms with Gasteiger partial charge in [-0.1, -0.05) is 13.8 Å². The van der Waals surface area contributed by atoms with Crippen LogP contribution in [-0.4, -0.2) is 24.2 Å². The highest BCUT2D eigenvalue weighted by atomic mass is 16.4. The maximum atomic E-state index is 10.7. The van der Waals surface area contributed by atoms with Gasteiger partial charge in [0.2, 0.25) is 0 Å². The molecule has 0 amide bonds. The average molecular weight is 157 g/mol. The Kier molecular flexibility index (Phi) is 2.49. The molecule has 1 aliphatic rings. The van der Waals surface area contributed by atoms with Gasteiger partial charge in [0, 0.05) is 6.54 Å². The van der Waals surface area contributed by atoms with E-state index in [1.165, 1.54) is 0 Å². The first-order chi connectivity index (χ1) is 5.13. The molecule has 0 bridgehead atoms. The fourth-order valence-electron chi connectivity index (χ4n) is 1.67. The molecule has 11 heavy (non-hydrogen) atoms. The summed E-state index contributed by atoms with van der Waals surface area (Å²) in [5, 5.41) is 11.9. The molecule has 0 radical (unpaired) electrons. The molecule has 1 aliphatic heterocycles. The lowest BCUT2D eigenvalue weighted by atomic mass is 9.86. The Morgan fingerprint density at radius 1 is 1.55 bits per heavy atom. The molecular weight excluding hydrogens is 142 g/mol. The SMILES string of the molecule is CC(C)[C@H]1CNC[C@@H]1C(=O)O. The Balaban J connectivity index is 2.58. The third-order valence-corrected chi connectivity index (χ3v) is 2.43. The molecular formula is C8H15NO2. The predicted molar refractivity (Wildman–Crippen MR) is 42.3 cm³/mol. The van der Waals surface area contributed by atoms with Crippen LogP contribution in [0.25, 0.3) is 0 Å². The lowest BCUT2D eigenvalue weighted by Crippen LogP contribution is -2.25. The first kappa shape index (κ1) is 8.53. The summed E-state index contributed by atoms with van der Waals surface area (Å²) in [4.78, 5) is 10.7. The summed E-state index contributed by atoms with van der Waals surface area (Å²) in [6, 6.07) is 0. The number of hydrogen-bond donors (Lipinski definition) is 2. The maximum Gasteiger partial charge on any atom is 0.308 e. The third kappa shape index (κ3) is 1.71. The van der Waals surface area contributed by atoms with Gasteiger partial charge in [-0.2, -0.15) is 0 Å². The number of carboxylic acids is 1. The van der Waals surface area contributed by atoms with Gasteiger partial charge in [-0.15, -0.1) is 0 Å². The summed E-state index contributed by atoms with van der Waals surface area (Å²) in [6.07, 6.45) is 0. The summed E-state index contributed by atoms with van der Waals surface area (Å²) in [7, 11) is 0. The van der Waals surface area contributed by atoms with Crippen molar-refractivity contribution in [1.29, 1.82) is 0 Å². The Morgan fingerprint density at radius 2 is 2.18 bits per heavy atom. The van der Waals surface area contributed by atoms with E-state index in [-0.39, 0.29) is 5.92 Å². The van der Waals surface area contributed by atoms with Crippen LogP contribution in [0.5, 0.6) is 0 Å². The first-order valence-electron chi connectivity index (χ1n) is 4.06. The molecule has 1 fully saturated rings. The second kappa shape index (κ2) is 3.22. The van der Waals surface area contributed by atoms with E-state index in [1.807, 2.05) is 0 Å². The normalized spacial score (nSPS) is 31.2. The minimum Gasteiger partial charge on any atom is -0.481 e. The smallest absolute Gasteiger partial charge is 0.308 e. The summed E-state index contributed by atoms with van der Waals surface area (Å²) in [5.74, 6) is -0.0534. The molecule has 3 nitrogen and oxygen atoms in total. The van der Waals surface area contributed by atoms with E-state index in [4.69, 9.17) is 5.11 Å². The molecule has 1 rings (SSSR count). The van der Waals surface area contributed by atoms with Gasteiger partial charge in [0.1, 0.15) is 0 Å². The van der Waals surface area contributed by atoms with Gasteiger partial charge in [-0.3, -0.25) is 4.79 Å². The Labute approximate surface area is 66.8 Å². The van der Waals surface area contributed by atoms with Crippen LogP contribution in [-0.2, 0) is 4.79 Å². The molecule has 0 aliphatic carbocycles. The van der Waals surface area contributed by atoms with Crippen LogP contribution in [0.15, 0.2) is 0 Å². The molecule has 0 aromatic rings. The number of carbonyl (C=O) groups is 1. The van der Waals surface area contributed by atoms with E-state index >= 15 is 0 Å². The number of hydrogen-bond acceptors (Lipinski definition) is 2. The Hall–Kier alpha value is -0.570. The summed E-state index contributed by atoms with van der Waals surface area (Å²) >= 11 is 0. The van der Waals surface area contributed by atoms with Gasteiger partial charge in [-0.05, 0) is 18.4 Å². The molecule has 2 N–H and O–H groups in total. The van der Waals surface area contributed by atoms with E-state index in [2.05, 4.69) is 19.2 Å². The third-order valence-electron chi connectivity index (χ3n) is 2.43. The fourth-order valence-corrected chi connectivity index (χ4v) is 1.67. The Bertz CT molecular complexity index is 156. The van der Waals surface area contributed by atoms with Crippen molar-refractivity contribution in [3.63, 3.8) is 0 Å². The van der Waals surface area contributed by atoms with Crippen LogP contribution in [0.4, 0.5) is 0 Å². The molecule has 1 heterocycles. The standard InChI is InChI=1S/C8H15NO2/c1-5(2)6-3-9-4-7(6)8(10)11/h5-7,9H,3-4H2,1-2H3,(H,10,11)/t6-,7+/m1/s1. The van der Waals surface area contributed by atoms with Crippen LogP contribution >= 0.6 is 0 Å². The van der Waals surface area contributed by atoms with E-state index in [1.54, 1.807) is 0 Å². The van der Waals surface area contributed by atoms with E-state index in [0.717, 1.165) is 6.54 Å². The van der Waals surface area contributed by atoms with Gasteiger partial charge in [0.15, 0.2) is 0 Å². The van der Waals surface area contributed by atoms with Crippen molar-refractivity contribution in [2.75, 3.05) is 13.1 Å². The van der Waals surface area contributed by atoms with Crippen molar-refractivity contribution in [1.82, 2.24) is 5.32 Å². The second-order valence-corrected chi connectivity index (χ2v) is 3.51. The molecule has 64 valence electrons. The molecule has 0 unspecified atom stereocenters. The molecule has 2 atom stereocenters. The zero-order chi connectivity index (χ0) is 8.43. The highest BCUT2D eigenvalue weighted by Crippen LogP contribution is 2.24. The second-order valence-electron chi connectivity index (χ2n) is 3.51. The van der Waals surface area contributed by atoms with Crippen molar-refractivity contribution in [3.05, 3.63) is 0 Å². The van der Waals surface area contributed by atoms with Crippen LogP contribution in [0, 0.1) is 17.8 Å². The quantitative estimate of drug-likeness (QED) is 0.616. The molecule has 0 spiro atoms. The van der Waals surface area contributed by atoms with Crippen LogP contribution < -0.4 is 5.32 Å². The zero-order valence-electron chi connectivity index (χ0n) is 7.00. The average Bonchev–Trinajstić information content (AvgIpc) is 2.32. The highest BCUT2D eigenvalue weighted by molar-refractivity contribution is 5.71. The Morgan fingerprint density at radius 3 is 2.55 bits per heavy atom. The number of rotatable bonds is 2. The minimum atomic E-state index is -0.659. The van der Waals surface area contributed by atoms with Crippen LogP contribution in [0.2, 0.25) is 0 Å². The molecule has 1 saturated heterocycles. The van der Waals surface area contributed by atoms with Gasteiger partial charge in [0.25, 0.3) is 0 Å². The summed E-state index contributed by atoms with van der Waals surface area (Å²) in [5.41, 5.74) is 0. The van der Waals surface area contributed by atoms with E-state index in [9.17, 15) is 4.79 Å². The largest absolute Gasteiger partial charge is 0.481 e. The molecule has 0 saturated carbocycles. The van der Waals surface area contributed by atoms with Crippen molar-refractivity contribution in [2.24, 2.45) is 17.8 Å². The van der Waals surface area contributed by atoms with Crippen molar-refractivity contribution in [3.8, 4) is 0 Å². The minimum absolute atomic E-state index is 0.171. The van der Waals surface area contributed by atoms with Crippen molar-refractivity contribution in [2.45, 2.75) is 13.8 Å². The monoisotopic (exact) mass is 157 g/mol. The lowest BCUT2D eigenvalue weighted by Gasteiger charge is -2.17. The highest BCUT2D eigenvalue weighted by Gasteiger charge is 2.34. The van der Waals surface area contributed by atoms with Crippen LogP contribution in [0.3, 0.4) is 0 Å². The lowest BCUT2D eigenvalue weighted by molar-refractivity contribution is -0.142. The predicted octanol–water partition coefficient (Wildman–Crippen LogP) is 0.563.